The number of halogens is 3. The number of nitrogens with one attached hydrogen (secondary N) is 1. The molecule has 5 atom stereocenters. The summed E-state index contributed by atoms with van der Waals surface area (Å²) in [5.74, 6) is 0.702. The van der Waals surface area contributed by atoms with E-state index in [4.69, 9.17) is 10.1 Å². The highest BCUT2D eigenvalue weighted by molar-refractivity contribution is 14.1. The fourth-order valence-corrected chi connectivity index (χ4v) is 5.94. The van der Waals surface area contributed by atoms with Gasteiger partial charge in [-0.05, 0) is 32.6 Å². The van der Waals surface area contributed by atoms with E-state index < -0.39 is 18.4 Å². The molecule has 5 heterocycles. The highest BCUT2D eigenvalue weighted by Crippen LogP contribution is 2.33. The molecular weight excluding hydrogens is 529 g/mol. The van der Waals surface area contributed by atoms with Gasteiger partial charge >= 0.3 is 0 Å². The zero-order valence-corrected chi connectivity index (χ0v) is 20.3. The van der Waals surface area contributed by atoms with Crippen LogP contribution in [0.15, 0.2) is 12.3 Å². The number of hydrogen-bond donors (Lipinski definition) is 1. The molecule has 0 aliphatic carbocycles. The summed E-state index contributed by atoms with van der Waals surface area (Å²) in [4.78, 5) is 22.2. The maximum absolute atomic E-state index is 14.5. The van der Waals surface area contributed by atoms with Crippen LogP contribution in [0.4, 0.5) is 14.6 Å². The summed E-state index contributed by atoms with van der Waals surface area (Å²) in [6.07, 6.45) is 2.81. The molecule has 5 rings (SSSR count). The van der Waals surface area contributed by atoms with Crippen LogP contribution in [0.2, 0.25) is 0 Å². The van der Waals surface area contributed by atoms with Gasteiger partial charge in [0.25, 0.3) is 0 Å². The van der Waals surface area contributed by atoms with Crippen LogP contribution in [0.1, 0.15) is 49.4 Å². The number of aromatic nitrogens is 3. The summed E-state index contributed by atoms with van der Waals surface area (Å²) in [6, 6.07) is 0.752. The van der Waals surface area contributed by atoms with E-state index in [1.165, 1.54) is 0 Å². The SMILES string of the molecule is Cc1cn2nc([C@@H]3CCCCN3C(=O)C3NCC(F)CC3F)cc2nc1N1CC[C@H](I)C1. The van der Waals surface area contributed by atoms with Crippen molar-refractivity contribution >= 4 is 40.0 Å². The Morgan fingerprint density at radius 1 is 1.25 bits per heavy atom. The van der Waals surface area contributed by atoms with Crippen molar-refractivity contribution in [1.29, 1.82) is 0 Å². The van der Waals surface area contributed by atoms with E-state index in [9.17, 15) is 13.6 Å². The number of hydrogen-bond acceptors (Lipinski definition) is 5. The van der Waals surface area contributed by atoms with E-state index in [1.807, 2.05) is 19.2 Å². The molecule has 7 nitrogen and oxygen atoms in total. The van der Waals surface area contributed by atoms with E-state index in [2.05, 4.69) is 32.8 Å². The van der Waals surface area contributed by atoms with Crippen molar-refractivity contribution in [2.45, 2.75) is 67.4 Å². The number of anilines is 1. The quantitative estimate of drug-likeness (QED) is 0.464. The first-order valence-corrected chi connectivity index (χ1v) is 12.7. The monoisotopic (exact) mass is 558 g/mol. The lowest BCUT2D eigenvalue weighted by Gasteiger charge is -2.39. The number of rotatable bonds is 3. The van der Waals surface area contributed by atoms with E-state index in [0.29, 0.717) is 10.5 Å². The fraction of sp³-hybridized carbons (Fsp3) is 0.682. The van der Waals surface area contributed by atoms with Crippen molar-refractivity contribution in [3.63, 3.8) is 0 Å². The largest absolute Gasteiger partial charge is 0.355 e. The van der Waals surface area contributed by atoms with E-state index in [0.717, 1.165) is 61.5 Å². The number of piperidine rings is 2. The zero-order chi connectivity index (χ0) is 22.4. The Labute approximate surface area is 200 Å². The third-order valence-corrected chi connectivity index (χ3v) is 7.87. The highest BCUT2D eigenvalue weighted by atomic mass is 127. The lowest BCUT2D eigenvalue weighted by Crippen LogP contribution is -2.57. The van der Waals surface area contributed by atoms with Crippen molar-refractivity contribution in [2.24, 2.45) is 0 Å². The maximum atomic E-state index is 14.5. The maximum Gasteiger partial charge on any atom is 0.243 e. The lowest BCUT2D eigenvalue weighted by molar-refractivity contribution is -0.140. The van der Waals surface area contributed by atoms with Crippen LogP contribution in [0, 0.1) is 6.92 Å². The number of alkyl halides is 3. The summed E-state index contributed by atoms with van der Waals surface area (Å²) in [5, 5.41) is 7.53. The van der Waals surface area contributed by atoms with Crippen LogP contribution < -0.4 is 10.2 Å². The topological polar surface area (TPSA) is 65.8 Å². The Morgan fingerprint density at radius 2 is 2.09 bits per heavy atom. The third-order valence-electron chi connectivity index (χ3n) is 6.85. The molecule has 10 heteroatoms. The minimum absolute atomic E-state index is 0.0181. The Bertz CT molecular complexity index is 1000. The Balaban J connectivity index is 1.41. The van der Waals surface area contributed by atoms with Crippen molar-refractivity contribution in [3.05, 3.63) is 23.5 Å². The average molecular weight is 558 g/mol. The molecule has 3 aliphatic rings. The van der Waals surface area contributed by atoms with Gasteiger partial charge in [-0.25, -0.2) is 18.3 Å². The van der Waals surface area contributed by atoms with Crippen molar-refractivity contribution in [1.82, 2.24) is 24.8 Å². The van der Waals surface area contributed by atoms with Gasteiger partial charge in [0.15, 0.2) is 5.65 Å². The molecule has 0 saturated carbocycles. The second-order valence-corrected chi connectivity index (χ2v) is 11.0. The summed E-state index contributed by atoms with van der Waals surface area (Å²) < 4.78 is 30.4. The molecule has 2 aromatic heterocycles. The normalized spacial score (nSPS) is 31.4. The van der Waals surface area contributed by atoms with E-state index >= 15 is 0 Å². The second-order valence-electron chi connectivity index (χ2n) is 9.23. The molecule has 0 bridgehead atoms. The highest BCUT2D eigenvalue weighted by Gasteiger charge is 2.40. The third kappa shape index (κ3) is 4.20. The first-order valence-electron chi connectivity index (χ1n) is 11.5. The Morgan fingerprint density at radius 3 is 2.84 bits per heavy atom. The molecule has 3 fully saturated rings. The predicted molar refractivity (Wildman–Crippen MR) is 127 cm³/mol. The number of likely N-dealkylation sites (tertiary alicyclic amines) is 1. The van der Waals surface area contributed by atoms with Gasteiger partial charge in [0.05, 0.1) is 11.7 Å². The molecule has 1 N–H and O–H groups in total. The summed E-state index contributed by atoms with van der Waals surface area (Å²) >= 11 is 2.49. The van der Waals surface area contributed by atoms with Crippen LogP contribution >= 0.6 is 22.6 Å². The Kier molecular flexibility index (Phi) is 6.26. The number of carbonyl (C=O) groups excluding carboxylic acids is 1. The predicted octanol–water partition coefficient (Wildman–Crippen LogP) is 3.14. The first kappa shape index (κ1) is 22.2. The second kappa shape index (κ2) is 9.00. The number of aryl methyl sites for hydroxylation is 1. The van der Waals surface area contributed by atoms with Crippen LogP contribution in [-0.2, 0) is 4.79 Å². The number of nitrogens with zero attached hydrogens (tertiary/aromatic N) is 5. The van der Waals surface area contributed by atoms with E-state index in [-0.39, 0.29) is 24.9 Å². The van der Waals surface area contributed by atoms with Crippen molar-refractivity contribution in [2.75, 3.05) is 31.1 Å². The number of fused-ring (bicyclic) bond motifs is 1. The molecule has 0 aromatic carbocycles. The number of carbonyl (C=O) groups is 1. The van der Waals surface area contributed by atoms with Crippen molar-refractivity contribution in [3.8, 4) is 0 Å². The molecule has 1 amide bonds. The van der Waals surface area contributed by atoms with Gasteiger partial charge in [-0.15, -0.1) is 0 Å². The molecule has 3 unspecified atom stereocenters. The lowest BCUT2D eigenvalue weighted by atomic mass is 9.95. The Hall–Kier alpha value is -1.56. The van der Waals surface area contributed by atoms with Crippen LogP contribution in [0.5, 0.6) is 0 Å². The van der Waals surface area contributed by atoms with Gasteiger partial charge in [-0.3, -0.25) is 4.79 Å². The standard InChI is InChI=1S/C22H29F2IN6O/c1-13-11-31-19(27-21(13)29-7-5-15(25)12-29)9-17(28-31)18-4-2-3-6-30(18)22(32)20-16(24)8-14(23)10-26-20/h9,11,14-16,18,20,26H,2-8,10,12H2,1H3/t14?,15-,16?,18-,20?/m0/s1. The van der Waals surface area contributed by atoms with Gasteiger partial charge < -0.3 is 15.1 Å². The molecule has 32 heavy (non-hydrogen) atoms. The van der Waals surface area contributed by atoms with Crippen LogP contribution in [0.3, 0.4) is 0 Å². The van der Waals surface area contributed by atoms with Crippen LogP contribution in [0.25, 0.3) is 5.65 Å². The molecule has 0 spiro atoms. The molecule has 3 aliphatic heterocycles. The molecule has 2 aromatic rings. The molecule has 174 valence electrons. The van der Waals surface area contributed by atoms with Crippen LogP contribution in [-0.4, -0.2) is 73.9 Å². The minimum atomic E-state index is -1.51. The van der Waals surface area contributed by atoms with E-state index in [1.54, 1.807) is 9.42 Å². The molecule has 0 radical (unpaired) electrons. The van der Waals surface area contributed by atoms with Gasteiger partial charge in [0, 0.05) is 54.4 Å². The first-order chi connectivity index (χ1) is 15.4. The molecule has 3 saturated heterocycles. The summed E-state index contributed by atoms with van der Waals surface area (Å²) in [6.45, 7) is 4.62. The van der Waals surface area contributed by atoms with Gasteiger partial charge in [0.2, 0.25) is 5.91 Å². The summed E-state index contributed by atoms with van der Waals surface area (Å²) in [5.41, 5.74) is 2.61. The van der Waals surface area contributed by atoms with Gasteiger partial charge in [0.1, 0.15) is 24.2 Å². The average Bonchev–Trinajstić information content (AvgIpc) is 3.38. The summed E-state index contributed by atoms with van der Waals surface area (Å²) in [7, 11) is 0. The fourth-order valence-electron chi connectivity index (χ4n) is 5.18. The van der Waals surface area contributed by atoms with Gasteiger partial charge in [-0.1, -0.05) is 22.6 Å². The van der Waals surface area contributed by atoms with Crippen molar-refractivity contribution < 1.29 is 13.6 Å². The molecular formula is C22H29F2IN6O. The number of amides is 1. The smallest absolute Gasteiger partial charge is 0.243 e. The minimum Gasteiger partial charge on any atom is -0.355 e. The zero-order valence-electron chi connectivity index (χ0n) is 18.2. The van der Waals surface area contributed by atoms with Gasteiger partial charge in [-0.2, -0.15) is 5.10 Å².